The smallest absolute Gasteiger partial charge is 0.383 e. The lowest BCUT2D eigenvalue weighted by Gasteiger charge is -2.23. The number of hydrogen-bond acceptors (Lipinski definition) is 3. The van der Waals surface area contributed by atoms with E-state index in [0.29, 0.717) is 22.8 Å². The standard InChI is InChI=1S/C28H30F3N3/c1-6-22-9-7-20(15-33-22)27(13-17(2)3)34-16-25-19(5)24(11-12-26(25)32)23-10-8-21(14-18(23)4)28(29,30)31/h6-12,14-17,27,32,34H,1,13H2,2-5H3/b25-16-,32-26?. The lowest BCUT2D eigenvalue weighted by atomic mass is 9.86. The molecule has 6 heteroatoms. The number of aryl methyl sites for hydroxylation is 1. The Labute approximate surface area is 199 Å². The first-order valence-electron chi connectivity index (χ1n) is 11.2. The van der Waals surface area contributed by atoms with Gasteiger partial charge in [0.15, 0.2) is 0 Å². The second-order valence-electron chi connectivity index (χ2n) is 8.94. The van der Waals surface area contributed by atoms with E-state index in [-0.39, 0.29) is 6.04 Å². The first-order chi connectivity index (χ1) is 16.0. The van der Waals surface area contributed by atoms with Crippen LogP contribution in [0, 0.1) is 18.3 Å². The molecule has 0 saturated carbocycles. The van der Waals surface area contributed by atoms with Gasteiger partial charge in [-0.2, -0.15) is 13.2 Å². The van der Waals surface area contributed by atoms with Crippen LogP contribution in [0.25, 0.3) is 11.6 Å². The van der Waals surface area contributed by atoms with Crippen molar-refractivity contribution in [3.05, 3.63) is 101 Å². The van der Waals surface area contributed by atoms with Crippen LogP contribution >= 0.6 is 0 Å². The van der Waals surface area contributed by atoms with Crippen molar-refractivity contribution >= 4 is 17.4 Å². The monoisotopic (exact) mass is 465 g/mol. The highest BCUT2D eigenvalue weighted by molar-refractivity contribution is 6.14. The highest BCUT2D eigenvalue weighted by Gasteiger charge is 2.31. The largest absolute Gasteiger partial charge is 0.416 e. The molecular formula is C28H30F3N3. The minimum Gasteiger partial charge on any atom is -0.383 e. The average Bonchev–Trinajstić information content (AvgIpc) is 2.78. The van der Waals surface area contributed by atoms with E-state index >= 15 is 0 Å². The quantitative estimate of drug-likeness (QED) is 0.441. The van der Waals surface area contributed by atoms with E-state index < -0.39 is 11.7 Å². The molecular weight excluding hydrogens is 435 g/mol. The van der Waals surface area contributed by atoms with Crippen molar-refractivity contribution in [1.82, 2.24) is 10.3 Å². The molecule has 1 heterocycles. The molecule has 3 rings (SSSR count). The highest BCUT2D eigenvalue weighted by atomic mass is 19.4. The maximum Gasteiger partial charge on any atom is 0.416 e. The molecule has 3 nitrogen and oxygen atoms in total. The van der Waals surface area contributed by atoms with Gasteiger partial charge in [-0.15, -0.1) is 0 Å². The molecule has 2 N–H and O–H groups in total. The summed E-state index contributed by atoms with van der Waals surface area (Å²) in [5.74, 6) is 0.433. The Kier molecular flexibility index (Phi) is 7.60. The Morgan fingerprint density at radius 3 is 2.41 bits per heavy atom. The van der Waals surface area contributed by atoms with Gasteiger partial charge in [0.2, 0.25) is 0 Å². The lowest BCUT2D eigenvalue weighted by Crippen LogP contribution is -2.20. The number of nitrogens with one attached hydrogen (secondary N) is 2. The SMILES string of the molecule is C=Cc1ccc(C(CC(C)C)N/C=C2\C(=N)C=CC(c3ccc(C(F)(F)F)cc3C)=C2C)cn1. The first kappa shape index (κ1) is 25.2. The van der Waals surface area contributed by atoms with Crippen LogP contribution in [-0.4, -0.2) is 10.7 Å². The molecule has 34 heavy (non-hydrogen) atoms. The zero-order chi connectivity index (χ0) is 25.0. The summed E-state index contributed by atoms with van der Waals surface area (Å²) in [5, 5.41) is 11.9. The summed E-state index contributed by atoms with van der Waals surface area (Å²) in [4.78, 5) is 4.41. The van der Waals surface area contributed by atoms with Gasteiger partial charge in [0.25, 0.3) is 0 Å². The highest BCUT2D eigenvalue weighted by Crippen LogP contribution is 2.35. The van der Waals surface area contributed by atoms with Crippen LogP contribution in [0.4, 0.5) is 13.2 Å². The number of pyridine rings is 1. The summed E-state index contributed by atoms with van der Waals surface area (Å²) in [7, 11) is 0. The Balaban J connectivity index is 1.95. The summed E-state index contributed by atoms with van der Waals surface area (Å²) in [6, 6.07) is 7.73. The lowest BCUT2D eigenvalue weighted by molar-refractivity contribution is -0.137. The summed E-state index contributed by atoms with van der Waals surface area (Å²) in [5.41, 5.74) is 5.16. The molecule has 178 valence electrons. The second-order valence-corrected chi connectivity index (χ2v) is 8.94. The van der Waals surface area contributed by atoms with E-state index in [1.807, 2.05) is 31.5 Å². The van der Waals surface area contributed by atoms with E-state index in [0.717, 1.165) is 40.5 Å². The molecule has 1 aliphatic carbocycles. The predicted molar refractivity (Wildman–Crippen MR) is 133 cm³/mol. The Hall–Kier alpha value is -3.41. The van der Waals surface area contributed by atoms with E-state index in [1.54, 1.807) is 25.2 Å². The van der Waals surface area contributed by atoms with Crippen molar-refractivity contribution < 1.29 is 13.2 Å². The number of alkyl halides is 3. The van der Waals surface area contributed by atoms with Crippen molar-refractivity contribution in [2.24, 2.45) is 5.92 Å². The van der Waals surface area contributed by atoms with E-state index in [2.05, 4.69) is 30.7 Å². The summed E-state index contributed by atoms with van der Waals surface area (Å²) in [6.45, 7) is 11.6. The van der Waals surface area contributed by atoms with Crippen molar-refractivity contribution in [1.29, 1.82) is 5.41 Å². The number of allylic oxidation sites excluding steroid dienone is 5. The van der Waals surface area contributed by atoms with Gasteiger partial charge in [-0.05, 0) is 84.4 Å². The van der Waals surface area contributed by atoms with Gasteiger partial charge in [0, 0.05) is 18.0 Å². The van der Waals surface area contributed by atoms with Gasteiger partial charge in [-0.25, -0.2) is 0 Å². The Bertz CT molecular complexity index is 1170. The number of rotatable bonds is 7. The Morgan fingerprint density at radius 1 is 1.12 bits per heavy atom. The van der Waals surface area contributed by atoms with Crippen LogP contribution < -0.4 is 5.32 Å². The van der Waals surface area contributed by atoms with Crippen LogP contribution in [0.2, 0.25) is 0 Å². The average molecular weight is 466 g/mol. The van der Waals surface area contributed by atoms with Crippen molar-refractivity contribution in [3.8, 4) is 0 Å². The molecule has 0 amide bonds. The van der Waals surface area contributed by atoms with Gasteiger partial charge in [-0.3, -0.25) is 4.98 Å². The molecule has 1 aromatic heterocycles. The molecule has 0 bridgehead atoms. The van der Waals surface area contributed by atoms with Crippen LogP contribution in [0.3, 0.4) is 0 Å². The summed E-state index contributed by atoms with van der Waals surface area (Å²) >= 11 is 0. The fourth-order valence-electron chi connectivity index (χ4n) is 4.05. The predicted octanol–water partition coefficient (Wildman–Crippen LogP) is 7.68. The van der Waals surface area contributed by atoms with Crippen molar-refractivity contribution in [3.63, 3.8) is 0 Å². The maximum absolute atomic E-state index is 13.1. The van der Waals surface area contributed by atoms with E-state index in [1.165, 1.54) is 12.1 Å². The normalized spacial score (nSPS) is 16.4. The van der Waals surface area contributed by atoms with Gasteiger partial charge in [0.05, 0.1) is 23.0 Å². The number of hydrogen-bond donors (Lipinski definition) is 2. The van der Waals surface area contributed by atoms with Crippen LogP contribution in [-0.2, 0) is 6.18 Å². The molecule has 0 saturated heterocycles. The van der Waals surface area contributed by atoms with Crippen molar-refractivity contribution in [2.75, 3.05) is 0 Å². The summed E-state index contributed by atoms with van der Waals surface area (Å²) in [6.07, 6.45) is 5.35. The van der Waals surface area contributed by atoms with Gasteiger partial charge >= 0.3 is 6.18 Å². The minimum absolute atomic E-state index is 0.00151. The number of benzene rings is 1. The fraction of sp³-hybridized carbons (Fsp3) is 0.286. The molecule has 1 unspecified atom stereocenters. The summed E-state index contributed by atoms with van der Waals surface area (Å²) < 4.78 is 39.3. The molecule has 1 aliphatic rings. The molecule has 1 atom stereocenters. The Morgan fingerprint density at radius 2 is 1.85 bits per heavy atom. The van der Waals surface area contributed by atoms with Crippen molar-refractivity contribution in [2.45, 2.75) is 46.3 Å². The van der Waals surface area contributed by atoms with Gasteiger partial charge in [0.1, 0.15) is 0 Å². The molecule has 0 radical (unpaired) electrons. The number of aromatic nitrogens is 1. The topological polar surface area (TPSA) is 48.8 Å². The van der Waals surface area contributed by atoms with Crippen LogP contribution in [0.1, 0.15) is 61.2 Å². The first-order valence-corrected chi connectivity index (χ1v) is 11.2. The van der Waals surface area contributed by atoms with E-state index in [9.17, 15) is 13.2 Å². The second kappa shape index (κ2) is 10.2. The molecule has 0 spiro atoms. The van der Waals surface area contributed by atoms with Gasteiger partial charge in [-0.1, -0.05) is 38.6 Å². The third-order valence-corrected chi connectivity index (χ3v) is 5.92. The molecule has 1 aromatic carbocycles. The molecule has 0 fully saturated rings. The van der Waals surface area contributed by atoms with Gasteiger partial charge < -0.3 is 10.7 Å². The van der Waals surface area contributed by atoms with Crippen LogP contribution in [0.15, 0.2) is 72.6 Å². The third kappa shape index (κ3) is 5.74. The number of halogens is 3. The third-order valence-electron chi connectivity index (χ3n) is 5.92. The zero-order valence-electron chi connectivity index (χ0n) is 19.9. The number of nitrogens with zero attached hydrogens (tertiary/aromatic N) is 1. The minimum atomic E-state index is -4.38. The molecule has 0 aliphatic heterocycles. The maximum atomic E-state index is 13.1. The zero-order valence-corrected chi connectivity index (χ0v) is 19.9. The fourth-order valence-corrected chi connectivity index (χ4v) is 4.05. The van der Waals surface area contributed by atoms with E-state index in [4.69, 9.17) is 5.41 Å². The molecule has 2 aromatic rings. The van der Waals surface area contributed by atoms with Crippen LogP contribution in [0.5, 0.6) is 0 Å².